The lowest BCUT2D eigenvalue weighted by Crippen LogP contribution is -2.33. The van der Waals surface area contributed by atoms with E-state index in [9.17, 15) is 4.79 Å². The molecule has 0 unspecified atom stereocenters. The van der Waals surface area contributed by atoms with Crippen molar-refractivity contribution in [2.24, 2.45) is 5.92 Å². The number of aliphatic carboxylic acids is 1. The molecular formula is C15H18N2O2. The van der Waals surface area contributed by atoms with Crippen LogP contribution in [0.2, 0.25) is 0 Å². The van der Waals surface area contributed by atoms with E-state index in [1.54, 1.807) is 4.90 Å². The zero-order chi connectivity index (χ0) is 13.8. The molecule has 1 aromatic heterocycles. The zero-order valence-corrected chi connectivity index (χ0v) is 11.2. The minimum atomic E-state index is -0.837. The molecule has 0 aliphatic rings. The summed E-state index contributed by atoms with van der Waals surface area (Å²) in [6.45, 7) is 4.78. The number of anilines is 1. The molecular weight excluding hydrogens is 240 g/mol. The van der Waals surface area contributed by atoms with Crippen molar-refractivity contribution < 1.29 is 9.90 Å². The largest absolute Gasteiger partial charge is 0.480 e. The molecule has 4 nitrogen and oxygen atoms in total. The molecule has 0 aliphatic carbocycles. The van der Waals surface area contributed by atoms with Gasteiger partial charge >= 0.3 is 5.97 Å². The quantitative estimate of drug-likeness (QED) is 0.896. The third kappa shape index (κ3) is 3.44. The SMILES string of the molecule is CC(C)CN(CC(=O)O)c1ccc2ccccc2n1. The molecule has 2 aromatic rings. The van der Waals surface area contributed by atoms with Crippen LogP contribution in [0.5, 0.6) is 0 Å². The van der Waals surface area contributed by atoms with Gasteiger partial charge in [-0.2, -0.15) is 0 Å². The second-order valence-electron chi connectivity index (χ2n) is 5.03. The highest BCUT2D eigenvalue weighted by Crippen LogP contribution is 2.18. The topological polar surface area (TPSA) is 53.4 Å². The summed E-state index contributed by atoms with van der Waals surface area (Å²) >= 11 is 0. The van der Waals surface area contributed by atoms with E-state index in [1.165, 1.54) is 0 Å². The maximum Gasteiger partial charge on any atom is 0.323 e. The van der Waals surface area contributed by atoms with E-state index in [4.69, 9.17) is 5.11 Å². The number of fused-ring (bicyclic) bond motifs is 1. The van der Waals surface area contributed by atoms with E-state index in [0.29, 0.717) is 12.5 Å². The molecule has 1 heterocycles. The lowest BCUT2D eigenvalue weighted by Gasteiger charge is -2.23. The van der Waals surface area contributed by atoms with Gasteiger partial charge in [-0.3, -0.25) is 4.79 Å². The number of pyridine rings is 1. The number of hydrogen-bond acceptors (Lipinski definition) is 3. The molecule has 19 heavy (non-hydrogen) atoms. The van der Waals surface area contributed by atoms with Crippen LogP contribution in [-0.4, -0.2) is 29.1 Å². The molecule has 0 fully saturated rings. The van der Waals surface area contributed by atoms with Gasteiger partial charge in [-0.05, 0) is 24.1 Å². The molecule has 1 aromatic carbocycles. The van der Waals surface area contributed by atoms with Gasteiger partial charge in [0.15, 0.2) is 0 Å². The first-order chi connectivity index (χ1) is 9.06. The monoisotopic (exact) mass is 258 g/mol. The minimum absolute atomic E-state index is 0.0243. The van der Waals surface area contributed by atoms with Crippen molar-refractivity contribution in [1.82, 2.24) is 4.98 Å². The smallest absolute Gasteiger partial charge is 0.323 e. The molecule has 4 heteroatoms. The first kappa shape index (κ1) is 13.3. The Morgan fingerprint density at radius 1 is 1.26 bits per heavy atom. The molecule has 0 atom stereocenters. The molecule has 0 aliphatic heterocycles. The molecule has 0 saturated carbocycles. The van der Waals surface area contributed by atoms with Gasteiger partial charge in [-0.15, -0.1) is 0 Å². The molecule has 1 N–H and O–H groups in total. The number of carboxylic acid groups (broad SMARTS) is 1. The number of hydrogen-bond donors (Lipinski definition) is 1. The highest BCUT2D eigenvalue weighted by Gasteiger charge is 2.13. The first-order valence-corrected chi connectivity index (χ1v) is 6.39. The highest BCUT2D eigenvalue weighted by molar-refractivity contribution is 5.81. The molecule has 2 rings (SSSR count). The van der Waals surface area contributed by atoms with Gasteiger partial charge in [0, 0.05) is 11.9 Å². The van der Waals surface area contributed by atoms with Crippen LogP contribution in [0.1, 0.15) is 13.8 Å². The molecule has 0 bridgehead atoms. The summed E-state index contributed by atoms with van der Waals surface area (Å²) in [7, 11) is 0. The average Bonchev–Trinajstić information content (AvgIpc) is 2.36. The van der Waals surface area contributed by atoms with Gasteiger partial charge in [-0.1, -0.05) is 32.0 Å². The number of nitrogens with zero attached hydrogens (tertiary/aromatic N) is 2. The Bertz CT molecular complexity index is 581. The van der Waals surface area contributed by atoms with Gasteiger partial charge in [0.2, 0.25) is 0 Å². The normalized spacial score (nSPS) is 10.9. The van der Waals surface area contributed by atoms with Gasteiger partial charge in [0.05, 0.1) is 5.52 Å². The second-order valence-corrected chi connectivity index (χ2v) is 5.03. The fourth-order valence-corrected chi connectivity index (χ4v) is 2.07. The van der Waals surface area contributed by atoms with Crippen LogP contribution in [0.25, 0.3) is 10.9 Å². The summed E-state index contributed by atoms with van der Waals surface area (Å²) in [6, 6.07) is 11.7. The van der Waals surface area contributed by atoms with E-state index in [-0.39, 0.29) is 6.54 Å². The maximum absolute atomic E-state index is 11.0. The van der Waals surface area contributed by atoms with E-state index in [0.717, 1.165) is 16.7 Å². The van der Waals surface area contributed by atoms with E-state index in [1.807, 2.05) is 36.4 Å². The lowest BCUT2D eigenvalue weighted by molar-refractivity contribution is -0.135. The van der Waals surface area contributed by atoms with E-state index < -0.39 is 5.97 Å². The Morgan fingerprint density at radius 2 is 2.00 bits per heavy atom. The second kappa shape index (κ2) is 5.69. The van der Waals surface area contributed by atoms with Gasteiger partial charge in [0.1, 0.15) is 12.4 Å². The molecule has 0 radical (unpaired) electrons. The third-order valence-electron chi connectivity index (χ3n) is 2.82. The molecule has 0 saturated heterocycles. The summed E-state index contributed by atoms with van der Waals surface area (Å²) in [5.74, 6) is 0.262. The van der Waals surface area contributed by atoms with Crippen molar-refractivity contribution in [3.8, 4) is 0 Å². The number of aromatic nitrogens is 1. The Labute approximate surface area is 112 Å². The van der Waals surface area contributed by atoms with Crippen LogP contribution in [0, 0.1) is 5.92 Å². The fourth-order valence-electron chi connectivity index (χ4n) is 2.07. The third-order valence-corrected chi connectivity index (χ3v) is 2.82. The van der Waals surface area contributed by atoms with Crippen molar-refractivity contribution >= 4 is 22.7 Å². The predicted molar refractivity (Wildman–Crippen MR) is 76.4 cm³/mol. The van der Waals surface area contributed by atoms with Crippen LogP contribution < -0.4 is 4.90 Å². The maximum atomic E-state index is 11.0. The average molecular weight is 258 g/mol. The van der Waals surface area contributed by atoms with Crippen molar-refractivity contribution in [1.29, 1.82) is 0 Å². The zero-order valence-electron chi connectivity index (χ0n) is 11.2. The van der Waals surface area contributed by atoms with E-state index in [2.05, 4.69) is 18.8 Å². The number of carbonyl (C=O) groups is 1. The highest BCUT2D eigenvalue weighted by atomic mass is 16.4. The fraction of sp³-hybridized carbons (Fsp3) is 0.333. The van der Waals surface area contributed by atoms with Crippen molar-refractivity contribution in [2.75, 3.05) is 18.0 Å². The predicted octanol–water partition coefficient (Wildman–Crippen LogP) is 2.78. The molecule has 0 spiro atoms. The summed E-state index contributed by atoms with van der Waals surface area (Å²) in [5.41, 5.74) is 0.888. The summed E-state index contributed by atoms with van der Waals surface area (Å²) in [4.78, 5) is 17.3. The summed E-state index contributed by atoms with van der Waals surface area (Å²) in [5, 5.41) is 10.1. The van der Waals surface area contributed by atoms with Crippen molar-refractivity contribution in [2.45, 2.75) is 13.8 Å². The van der Waals surface area contributed by atoms with Crippen LogP contribution in [0.3, 0.4) is 0 Å². The Hall–Kier alpha value is -2.10. The van der Waals surface area contributed by atoms with Crippen LogP contribution in [0.15, 0.2) is 36.4 Å². The lowest BCUT2D eigenvalue weighted by atomic mass is 10.2. The molecule has 0 amide bonds. The molecule has 100 valence electrons. The van der Waals surface area contributed by atoms with Gasteiger partial charge < -0.3 is 10.0 Å². The van der Waals surface area contributed by atoms with Gasteiger partial charge in [0.25, 0.3) is 0 Å². The Morgan fingerprint density at radius 3 is 2.68 bits per heavy atom. The van der Waals surface area contributed by atoms with Crippen LogP contribution >= 0.6 is 0 Å². The summed E-state index contributed by atoms with van der Waals surface area (Å²) in [6.07, 6.45) is 0. The number of para-hydroxylation sites is 1. The van der Waals surface area contributed by atoms with E-state index >= 15 is 0 Å². The van der Waals surface area contributed by atoms with Crippen LogP contribution in [0.4, 0.5) is 5.82 Å². The first-order valence-electron chi connectivity index (χ1n) is 6.39. The Kier molecular flexibility index (Phi) is 4.00. The summed E-state index contributed by atoms with van der Waals surface area (Å²) < 4.78 is 0. The number of rotatable bonds is 5. The minimum Gasteiger partial charge on any atom is -0.480 e. The van der Waals surface area contributed by atoms with Gasteiger partial charge in [-0.25, -0.2) is 4.98 Å². The van der Waals surface area contributed by atoms with Crippen molar-refractivity contribution in [3.63, 3.8) is 0 Å². The standard InChI is InChI=1S/C15H18N2O2/c1-11(2)9-17(10-15(18)19)14-8-7-12-5-3-4-6-13(12)16-14/h3-8,11H,9-10H2,1-2H3,(H,18,19). The Balaban J connectivity index is 2.34. The number of benzene rings is 1. The van der Waals surface area contributed by atoms with Crippen molar-refractivity contribution in [3.05, 3.63) is 36.4 Å². The van der Waals surface area contributed by atoms with Crippen LogP contribution in [-0.2, 0) is 4.79 Å². The number of carboxylic acids is 1.